The monoisotopic (exact) mass is 280 g/mol. The first kappa shape index (κ1) is 15.7. The van der Waals surface area contributed by atoms with E-state index in [1.165, 1.54) is 6.08 Å². The quantitative estimate of drug-likeness (QED) is 0.844. The van der Waals surface area contributed by atoms with Gasteiger partial charge in [0.25, 0.3) is 0 Å². The number of hydrogen-bond acceptors (Lipinski definition) is 3. The van der Waals surface area contributed by atoms with Crippen molar-refractivity contribution in [3.63, 3.8) is 0 Å². The van der Waals surface area contributed by atoms with Crippen molar-refractivity contribution in [2.24, 2.45) is 0 Å². The van der Waals surface area contributed by atoms with Crippen molar-refractivity contribution in [3.05, 3.63) is 53.0 Å². The molecule has 0 bridgehead atoms. The van der Waals surface area contributed by atoms with Gasteiger partial charge in [0.1, 0.15) is 0 Å². The fraction of sp³-hybridized carbons (Fsp3) is 0.333. The molecule has 0 aromatic heterocycles. The maximum atomic E-state index is 12.5. The zero-order valence-electron chi connectivity index (χ0n) is 11.5. The van der Waals surface area contributed by atoms with Crippen molar-refractivity contribution in [1.82, 2.24) is 0 Å². The lowest BCUT2D eigenvalue weighted by Gasteiger charge is -2.14. The maximum Gasteiger partial charge on any atom is 0.205 e. The van der Waals surface area contributed by atoms with Gasteiger partial charge in [-0.2, -0.15) is 0 Å². The smallest absolute Gasteiger partial charge is 0.205 e. The van der Waals surface area contributed by atoms with Gasteiger partial charge < -0.3 is 5.11 Å². The van der Waals surface area contributed by atoms with Crippen molar-refractivity contribution in [1.29, 1.82) is 0 Å². The van der Waals surface area contributed by atoms with Crippen LogP contribution in [0.3, 0.4) is 0 Å². The standard InChI is InChI=1S/C15H20O3S/c1-4-6-7-15(14(16)5-2)19(17,18)13-10-8-12(3)9-11-13/h4,6-11,14,16H,5H2,1-3H3/b6-4+,15-7+/t14-/m0/s1. The zero-order chi connectivity index (χ0) is 14.5. The average Bonchev–Trinajstić information content (AvgIpc) is 2.39. The third-order valence-electron chi connectivity index (χ3n) is 2.81. The highest BCUT2D eigenvalue weighted by atomic mass is 32.2. The molecule has 1 aromatic carbocycles. The Morgan fingerprint density at radius 1 is 1.32 bits per heavy atom. The molecular formula is C15H20O3S. The SMILES string of the molecule is C/C=C/C=C(\[C@@H](O)CC)S(=O)(=O)c1ccc(C)cc1. The number of benzene rings is 1. The number of hydrogen-bond donors (Lipinski definition) is 1. The molecule has 0 radical (unpaired) electrons. The molecule has 3 nitrogen and oxygen atoms in total. The normalized spacial score (nSPS) is 14.8. The molecule has 0 fully saturated rings. The molecule has 0 amide bonds. The van der Waals surface area contributed by atoms with Crippen LogP contribution in [-0.4, -0.2) is 19.6 Å². The highest BCUT2D eigenvalue weighted by molar-refractivity contribution is 7.95. The third-order valence-corrected chi connectivity index (χ3v) is 4.73. The van der Waals surface area contributed by atoms with Crippen LogP contribution >= 0.6 is 0 Å². The first-order valence-electron chi connectivity index (χ1n) is 6.26. The van der Waals surface area contributed by atoms with Crippen LogP contribution in [-0.2, 0) is 9.84 Å². The number of rotatable bonds is 5. The lowest BCUT2D eigenvalue weighted by Crippen LogP contribution is -2.18. The number of aryl methyl sites for hydroxylation is 1. The highest BCUT2D eigenvalue weighted by Crippen LogP contribution is 2.23. The largest absolute Gasteiger partial charge is 0.388 e. The molecule has 0 aliphatic heterocycles. The molecule has 0 saturated carbocycles. The fourth-order valence-corrected chi connectivity index (χ4v) is 3.17. The molecule has 104 valence electrons. The summed E-state index contributed by atoms with van der Waals surface area (Å²) in [5.74, 6) is 0. The highest BCUT2D eigenvalue weighted by Gasteiger charge is 2.25. The molecule has 0 heterocycles. The average molecular weight is 280 g/mol. The molecule has 0 spiro atoms. The molecule has 4 heteroatoms. The molecule has 1 N–H and O–H groups in total. The third kappa shape index (κ3) is 3.78. The maximum absolute atomic E-state index is 12.5. The molecule has 1 rings (SSSR count). The van der Waals surface area contributed by atoms with E-state index >= 15 is 0 Å². The summed E-state index contributed by atoms with van der Waals surface area (Å²) < 4.78 is 25.0. The second kappa shape index (κ2) is 6.68. The summed E-state index contributed by atoms with van der Waals surface area (Å²) >= 11 is 0. The van der Waals surface area contributed by atoms with Crippen molar-refractivity contribution in [3.8, 4) is 0 Å². The summed E-state index contributed by atoms with van der Waals surface area (Å²) in [5.41, 5.74) is 0.994. The van der Waals surface area contributed by atoms with E-state index in [-0.39, 0.29) is 9.80 Å². The first-order valence-corrected chi connectivity index (χ1v) is 7.74. The van der Waals surface area contributed by atoms with Crippen LogP contribution in [0.1, 0.15) is 25.8 Å². The van der Waals surface area contributed by atoms with Crippen LogP contribution in [0.15, 0.2) is 52.3 Å². The number of sulfone groups is 1. The minimum Gasteiger partial charge on any atom is -0.388 e. The Hall–Kier alpha value is -1.39. The van der Waals surface area contributed by atoms with Gasteiger partial charge in [0, 0.05) is 0 Å². The van der Waals surface area contributed by atoms with Gasteiger partial charge in [-0.25, -0.2) is 8.42 Å². The van der Waals surface area contributed by atoms with Gasteiger partial charge in [0.05, 0.1) is 15.9 Å². The molecule has 0 aliphatic rings. The lowest BCUT2D eigenvalue weighted by atomic mass is 10.2. The van der Waals surface area contributed by atoms with Crippen LogP contribution in [0.4, 0.5) is 0 Å². The second-order valence-corrected chi connectivity index (χ2v) is 6.29. The van der Waals surface area contributed by atoms with E-state index < -0.39 is 15.9 Å². The van der Waals surface area contributed by atoms with E-state index in [1.807, 2.05) is 6.92 Å². The Kier molecular flexibility index (Phi) is 5.51. The van der Waals surface area contributed by atoms with Crippen molar-refractivity contribution in [2.45, 2.75) is 38.2 Å². The Bertz CT molecular complexity index is 566. The van der Waals surface area contributed by atoms with E-state index in [4.69, 9.17) is 0 Å². The Morgan fingerprint density at radius 2 is 1.89 bits per heavy atom. The Morgan fingerprint density at radius 3 is 2.37 bits per heavy atom. The van der Waals surface area contributed by atoms with Gasteiger partial charge >= 0.3 is 0 Å². The Balaban J connectivity index is 3.31. The van der Waals surface area contributed by atoms with E-state index in [0.29, 0.717) is 6.42 Å². The van der Waals surface area contributed by atoms with E-state index in [0.717, 1.165) is 5.56 Å². The zero-order valence-corrected chi connectivity index (χ0v) is 12.3. The van der Waals surface area contributed by atoms with E-state index in [2.05, 4.69) is 0 Å². The van der Waals surface area contributed by atoms with Crippen LogP contribution in [0.25, 0.3) is 0 Å². The van der Waals surface area contributed by atoms with E-state index in [9.17, 15) is 13.5 Å². The summed E-state index contributed by atoms with van der Waals surface area (Å²) in [6.07, 6.45) is 4.19. The van der Waals surface area contributed by atoms with Gasteiger partial charge in [-0.1, -0.05) is 36.8 Å². The lowest BCUT2D eigenvalue weighted by molar-refractivity contribution is 0.214. The van der Waals surface area contributed by atoms with Gasteiger partial charge in [-0.15, -0.1) is 0 Å². The van der Waals surface area contributed by atoms with Crippen molar-refractivity contribution < 1.29 is 13.5 Å². The summed E-state index contributed by atoms with van der Waals surface area (Å²) in [7, 11) is -3.64. The van der Waals surface area contributed by atoms with Gasteiger partial charge in [0.15, 0.2) is 0 Å². The predicted octanol–water partition coefficient (Wildman–Crippen LogP) is 3.00. The van der Waals surface area contributed by atoms with Crippen molar-refractivity contribution >= 4 is 9.84 Å². The topological polar surface area (TPSA) is 54.4 Å². The molecule has 0 aliphatic carbocycles. The van der Waals surface area contributed by atoms with Crippen LogP contribution in [0.5, 0.6) is 0 Å². The molecule has 0 unspecified atom stereocenters. The van der Waals surface area contributed by atoms with Gasteiger partial charge in [-0.3, -0.25) is 0 Å². The Labute approximate surface area is 115 Å². The molecular weight excluding hydrogens is 260 g/mol. The van der Waals surface area contributed by atoms with Crippen molar-refractivity contribution in [2.75, 3.05) is 0 Å². The molecule has 19 heavy (non-hydrogen) atoms. The number of allylic oxidation sites excluding steroid dienone is 3. The van der Waals surface area contributed by atoms with Gasteiger partial charge in [-0.05, 0) is 38.5 Å². The summed E-state index contributed by atoms with van der Waals surface area (Å²) in [4.78, 5) is 0.248. The summed E-state index contributed by atoms with van der Waals surface area (Å²) in [6, 6.07) is 6.63. The predicted molar refractivity (Wildman–Crippen MR) is 77.6 cm³/mol. The van der Waals surface area contributed by atoms with Gasteiger partial charge in [0.2, 0.25) is 9.84 Å². The minimum atomic E-state index is -3.64. The molecule has 1 atom stereocenters. The van der Waals surface area contributed by atoms with Crippen LogP contribution in [0, 0.1) is 6.92 Å². The number of aliphatic hydroxyl groups is 1. The minimum absolute atomic E-state index is 0.0388. The number of aliphatic hydroxyl groups excluding tert-OH is 1. The molecule has 1 aromatic rings. The first-order chi connectivity index (χ1) is 8.93. The summed E-state index contributed by atoms with van der Waals surface area (Å²) in [5, 5.41) is 9.91. The van der Waals surface area contributed by atoms with Crippen LogP contribution < -0.4 is 0 Å². The summed E-state index contributed by atoms with van der Waals surface area (Å²) in [6.45, 7) is 5.44. The van der Waals surface area contributed by atoms with E-state index in [1.54, 1.807) is 50.3 Å². The van der Waals surface area contributed by atoms with Crippen LogP contribution in [0.2, 0.25) is 0 Å². The second-order valence-electron chi connectivity index (χ2n) is 4.34. The molecule has 0 saturated heterocycles. The fourth-order valence-electron chi connectivity index (χ4n) is 1.63.